The first kappa shape index (κ1) is 19.3. The standard InChI is InChI=1S/C6H5F9O.Li/c1-2-16-6(14,15)4(9,10)3(7,8)5(11,12)13;/h2H2,1H3;. The zero-order chi connectivity index (χ0) is 13.4. The molecule has 0 aromatic carbocycles. The summed E-state index contributed by atoms with van der Waals surface area (Å²) in [5.74, 6) is -13.6. The van der Waals surface area contributed by atoms with Crippen LogP contribution >= 0.6 is 0 Å². The van der Waals surface area contributed by atoms with Crippen molar-refractivity contribution >= 4 is 18.9 Å². The Morgan fingerprint density at radius 1 is 0.765 bits per heavy atom. The van der Waals surface area contributed by atoms with Gasteiger partial charge in [-0.3, -0.25) is 0 Å². The number of hydrogen-bond acceptors (Lipinski definition) is 1. The van der Waals surface area contributed by atoms with Crippen LogP contribution in [0.25, 0.3) is 0 Å². The molecule has 0 saturated carbocycles. The van der Waals surface area contributed by atoms with Crippen molar-refractivity contribution in [1.82, 2.24) is 0 Å². The normalized spacial score (nSPS) is 14.5. The van der Waals surface area contributed by atoms with Gasteiger partial charge in [0.15, 0.2) is 0 Å². The second kappa shape index (κ2) is 5.28. The van der Waals surface area contributed by atoms with E-state index in [-0.39, 0.29) is 18.9 Å². The van der Waals surface area contributed by atoms with E-state index in [2.05, 4.69) is 4.74 Å². The van der Waals surface area contributed by atoms with Crippen LogP contribution in [0.4, 0.5) is 39.5 Å². The Balaban J connectivity index is 0. The van der Waals surface area contributed by atoms with Crippen molar-refractivity contribution in [3.05, 3.63) is 0 Å². The number of hydrogen-bond donors (Lipinski definition) is 0. The smallest absolute Gasteiger partial charge is 0.316 e. The van der Waals surface area contributed by atoms with Crippen LogP contribution in [0.15, 0.2) is 0 Å². The summed E-state index contributed by atoms with van der Waals surface area (Å²) in [5.41, 5.74) is 0. The van der Waals surface area contributed by atoms with Crippen LogP contribution in [0.5, 0.6) is 0 Å². The fourth-order valence-corrected chi connectivity index (χ4v) is 0.633. The first-order chi connectivity index (χ1) is 6.81. The Morgan fingerprint density at radius 2 is 1.12 bits per heavy atom. The van der Waals surface area contributed by atoms with E-state index in [1.165, 1.54) is 0 Å². The topological polar surface area (TPSA) is 9.23 Å². The Hall–Kier alpha value is -0.0726. The molecule has 0 rings (SSSR count). The molecule has 0 atom stereocenters. The van der Waals surface area contributed by atoms with Gasteiger partial charge in [0.2, 0.25) is 0 Å². The van der Waals surface area contributed by atoms with E-state index >= 15 is 0 Å². The Kier molecular flexibility index (Phi) is 5.98. The van der Waals surface area contributed by atoms with Crippen molar-refractivity contribution in [3.8, 4) is 0 Å². The quantitative estimate of drug-likeness (QED) is 0.564. The molecule has 0 aliphatic rings. The number of halogens is 9. The summed E-state index contributed by atoms with van der Waals surface area (Å²) >= 11 is 0. The van der Waals surface area contributed by atoms with Crippen molar-refractivity contribution in [2.24, 2.45) is 0 Å². The Bertz CT molecular complexity index is 248. The summed E-state index contributed by atoms with van der Waals surface area (Å²) in [4.78, 5) is 0. The minimum Gasteiger partial charge on any atom is -0.316 e. The third-order valence-corrected chi connectivity index (χ3v) is 1.44. The van der Waals surface area contributed by atoms with Crippen molar-refractivity contribution < 1.29 is 44.3 Å². The summed E-state index contributed by atoms with van der Waals surface area (Å²) < 4.78 is 111. The first-order valence-corrected chi connectivity index (χ1v) is 3.65. The van der Waals surface area contributed by atoms with Crippen LogP contribution in [-0.4, -0.2) is 49.6 Å². The molecule has 0 amide bonds. The summed E-state index contributed by atoms with van der Waals surface area (Å²) in [6.07, 6.45) is -12.7. The molecule has 0 fully saturated rings. The summed E-state index contributed by atoms with van der Waals surface area (Å²) in [7, 11) is 0. The van der Waals surface area contributed by atoms with Gasteiger partial charge in [0.25, 0.3) is 0 Å². The van der Waals surface area contributed by atoms with E-state index < -0.39 is 30.7 Å². The fraction of sp³-hybridized carbons (Fsp3) is 1.00. The van der Waals surface area contributed by atoms with Crippen molar-refractivity contribution in [1.29, 1.82) is 0 Å². The third-order valence-electron chi connectivity index (χ3n) is 1.44. The molecule has 0 aliphatic heterocycles. The van der Waals surface area contributed by atoms with E-state index in [0.717, 1.165) is 6.92 Å². The van der Waals surface area contributed by atoms with Crippen LogP contribution in [0.2, 0.25) is 0 Å². The Labute approximate surface area is 101 Å². The average Bonchev–Trinajstić information content (AvgIpc) is 2.01. The summed E-state index contributed by atoms with van der Waals surface area (Å²) in [6.45, 7) is -0.424. The van der Waals surface area contributed by atoms with Gasteiger partial charge in [-0.25, -0.2) is 0 Å². The van der Waals surface area contributed by atoms with Crippen LogP contribution in [-0.2, 0) is 4.74 Å². The maximum atomic E-state index is 12.3. The van der Waals surface area contributed by atoms with E-state index in [1.807, 2.05) is 0 Å². The van der Waals surface area contributed by atoms with Gasteiger partial charge in [-0.2, -0.15) is 39.5 Å². The van der Waals surface area contributed by atoms with Gasteiger partial charge in [0.05, 0.1) is 6.61 Å². The fourth-order valence-electron chi connectivity index (χ4n) is 0.633. The van der Waals surface area contributed by atoms with Crippen LogP contribution in [0.3, 0.4) is 0 Å². The van der Waals surface area contributed by atoms with E-state index in [4.69, 9.17) is 0 Å². The molecule has 1 nitrogen and oxygen atoms in total. The molecule has 0 heterocycles. The van der Waals surface area contributed by atoms with E-state index in [9.17, 15) is 39.5 Å². The molecule has 0 N–H and O–H groups in total. The number of rotatable bonds is 4. The van der Waals surface area contributed by atoms with Crippen molar-refractivity contribution in [2.75, 3.05) is 6.61 Å². The largest absolute Gasteiger partial charge is 0.460 e. The SMILES string of the molecule is CCOC(F)(F)C(F)(F)C(F)(F)C(F)(F)F.[Li]. The minimum absolute atomic E-state index is 0. The van der Waals surface area contributed by atoms with Gasteiger partial charge < -0.3 is 4.74 Å². The molecule has 0 bridgehead atoms. The zero-order valence-corrected chi connectivity index (χ0v) is 8.52. The summed E-state index contributed by atoms with van der Waals surface area (Å²) in [5, 5.41) is 0. The molecule has 0 saturated heterocycles. The zero-order valence-electron chi connectivity index (χ0n) is 8.52. The molecule has 0 aromatic heterocycles. The molecule has 1 radical (unpaired) electrons. The van der Waals surface area contributed by atoms with Gasteiger partial charge in [-0.15, -0.1) is 0 Å². The number of ether oxygens (including phenoxy) is 1. The second-order valence-electron chi connectivity index (χ2n) is 2.60. The molecule has 0 aromatic rings. The average molecular weight is 271 g/mol. The monoisotopic (exact) mass is 271 g/mol. The number of alkyl halides is 9. The molecule has 11 heteroatoms. The molecule has 0 spiro atoms. The van der Waals surface area contributed by atoms with Gasteiger partial charge in [0.1, 0.15) is 0 Å². The van der Waals surface area contributed by atoms with Crippen LogP contribution in [0.1, 0.15) is 6.92 Å². The van der Waals surface area contributed by atoms with Crippen LogP contribution < -0.4 is 0 Å². The van der Waals surface area contributed by atoms with Gasteiger partial charge in [-0.1, -0.05) is 0 Å². The first-order valence-electron chi connectivity index (χ1n) is 3.65. The van der Waals surface area contributed by atoms with Gasteiger partial charge in [0, 0.05) is 18.9 Å². The van der Waals surface area contributed by atoms with Gasteiger partial charge in [-0.05, 0) is 6.92 Å². The molecule has 0 unspecified atom stereocenters. The maximum Gasteiger partial charge on any atom is 0.460 e. The predicted molar refractivity (Wildman–Crippen MR) is 38.3 cm³/mol. The van der Waals surface area contributed by atoms with Crippen molar-refractivity contribution in [3.63, 3.8) is 0 Å². The third kappa shape index (κ3) is 3.23. The van der Waals surface area contributed by atoms with Crippen LogP contribution in [0, 0.1) is 0 Å². The second-order valence-corrected chi connectivity index (χ2v) is 2.60. The molecular weight excluding hydrogens is 266 g/mol. The molecular formula is C6H5F9LiO. The van der Waals surface area contributed by atoms with Crippen molar-refractivity contribution in [2.45, 2.75) is 31.1 Å². The molecule has 99 valence electrons. The Morgan fingerprint density at radius 3 is 1.35 bits per heavy atom. The molecule has 0 aliphatic carbocycles. The predicted octanol–water partition coefficient (Wildman–Crippen LogP) is 3.07. The van der Waals surface area contributed by atoms with E-state index in [1.54, 1.807) is 0 Å². The summed E-state index contributed by atoms with van der Waals surface area (Å²) in [6, 6.07) is 0. The molecule has 17 heavy (non-hydrogen) atoms. The minimum atomic E-state index is -6.89. The van der Waals surface area contributed by atoms with Gasteiger partial charge >= 0.3 is 24.1 Å². The maximum absolute atomic E-state index is 12.3. The van der Waals surface area contributed by atoms with E-state index in [0.29, 0.717) is 0 Å².